The van der Waals surface area contributed by atoms with Crippen molar-refractivity contribution in [2.75, 3.05) is 27.7 Å². The highest BCUT2D eigenvalue weighted by molar-refractivity contribution is 5.63. The Morgan fingerprint density at radius 1 is 1.35 bits per heavy atom. The molecule has 2 heterocycles. The summed E-state index contributed by atoms with van der Waals surface area (Å²) in [5.41, 5.74) is -2.27. The van der Waals surface area contributed by atoms with Crippen molar-refractivity contribution >= 4 is 0 Å². The molecule has 1 aromatic rings. The van der Waals surface area contributed by atoms with E-state index in [0.717, 1.165) is 24.9 Å². The minimum absolute atomic E-state index is 0.0259. The molecule has 4 aliphatic carbocycles. The lowest BCUT2D eigenvalue weighted by molar-refractivity contribution is -0.301. The second-order valence-corrected chi connectivity index (χ2v) is 10.7. The molecular formula is C26H37NO4. The summed E-state index contributed by atoms with van der Waals surface area (Å²) in [5, 5.41) is 12.1. The number of hydrogen-bond donors (Lipinski definition) is 1. The first-order chi connectivity index (χ1) is 17.2. The number of benzene rings is 1. The van der Waals surface area contributed by atoms with E-state index in [0.29, 0.717) is 37.2 Å². The molecule has 6 aliphatic rings. The van der Waals surface area contributed by atoms with Crippen LogP contribution in [0.3, 0.4) is 0 Å². The molecule has 4 bridgehead atoms. The van der Waals surface area contributed by atoms with Gasteiger partial charge in [-0.1, -0.05) is 19.4 Å². The maximum absolute atomic E-state index is 12.1. The highest BCUT2D eigenvalue weighted by Gasteiger charge is 2.81. The van der Waals surface area contributed by atoms with Gasteiger partial charge in [-0.25, -0.2) is 0 Å². The van der Waals surface area contributed by atoms with E-state index in [1.165, 1.54) is 5.56 Å². The topological polar surface area (TPSA) is 51.2 Å². The summed E-state index contributed by atoms with van der Waals surface area (Å²) in [6, 6.07) is 4.12. The van der Waals surface area contributed by atoms with Crippen LogP contribution in [0.15, 0.2) is 12.1 Å². The van der Waals surface area contributed by atoms with Gasteiger partial charge in [0.2, 0.25) is 0 Å². The summed E-state index contributed by atoms with van der Waals surface area (Å²) < 4.78 is 68.5. The van der Waals surface area contributed by atoms with Crippen LogP contribution < -0.4 is 9.47 Å². The zero-order valence-corrected chi connectivity index (χ0v) is 18.7. The lowest BCUT2D eigenvalue weighted by Gasteiger charge is -2.74. The van der Waals surface area contributed by atoms with Crippen molar-refractivity contribution in [3.63, 3.8) is 0 Å². The van der Waals surface area contributed by atoms with Gasteiger partial charge in [-0.05, 0) is 70.6 Å². The minimum atomic E-state index is -2.79. The molecular weight excluding hydrogens is 390 g/mol. The van der Waals surface area contributed by atoms with Crippen molar-refractivity contribution in [1.29, 1.82) is 0 Å². The summed E-state index contributed by atoms with van der Waals surface area (Å²) in [4.78, 5) is 2.38. The predicted molar refractivity (Wildman–Crippen MR) is 119 cm³/mol. The van der Waals surface area contributed by atoms with E-state index >= 15 is 0 Å². The molecule has 7 atom stereocenters. The molecule has 1 saturated heterocycles. The van der Waals surface area contributed by atoms with Crippen molar-refractivity contribution in [3.8, 4) is 11.5 Å². The van der Waals surface area contributed by atoms with Gasteiger partial charge in [-0.2, -0.15) is 0 Å². The number of likely N-dealkylation sites (tertiary alicyclic amines) is 1. The van der Waals surface area contributed by atoms with Crippen molar-refractivity contribution in [1.82, 2.24) is 4.90 Å². The molecule has 5 nitrogen and oxygen atoms in total. The first-order valence-corrected chi connectivity index (χ1v) is 11.7. The molecule has 31 heavy (non-hydrogen) atoms. The largest absolute Gasteiger partial charge is 0.493 e. The molecule has 1 aromatic carbocycles. The van der Waals surface area contributed by atoms with E-state index in [1.807, 2.05) is 13.0 Å². The fourth-order valence-electron chi connectivity index (χ4n) is 8.77. The molecule has 0 radical (unpaired) electrons. The molecule has 170 valence electrons. The van der Waals surface area contributed by atoms with Gasteiger partial charge in [0.25, 0.3) is 0 Å². The summed E-state index contributed by atoms with van der Waals surface area (Å²) in [6.07, 6.45) is 2.66. The van der Waals surface area contributed by atoms with Crippen LogP contribution in [0.1, 0.15) is 71.7 Å². The van der Waals surface area contributed by atoms with Crippen LogP contribution in [0.25, 0.3) is 0 Å². The first-order valence-electron chi connectivity index (χ1n) is 14.7. The third-order valence-electron chi connectivity index (χ3n) is 9.85. The summed E-state index contributed by atoms with van der Waals surface area (Å²) in [7, 11) is 0.926. The molecule has 1 N–H and O–H groups in total. The van der Waals surface area contributed by atoms with E-state index in [4.69, 9.17) is 22.4 Å². The number of likely N-dealkylation sites (N-methyl/N-ethyl adjacent to an activating group) is 1. The zero-order valence-electron chi connectivity index (χ0n) is 24.7. The molecule has 2 aliphatic heterocycles. The van der Waals surface area contributed by atoms with Crippen LogP contribution in [0.2, 0.25) is 0 Å². The van der Waals surface area contributed by atoms with Gasteiger partial charge < -0.3 is 24.2 Å². The van der Waals surface area contributed by atoms with Crippen LogP contribution in [-0.2, 0) is 16.6 Å². The van der Waals surface area contributed by atoms with Gasteiger partial charge >= 0.3 is 0 Å². The maximum atomic E-state index is 12.1. The molecule has 0 aromatic heterocycles. The average Bonchev–Trinajstić information content (AvgIpc) is 3.17. The van der Waals surface area contributed by atoms with Crippen LogP contribution in [0.4, 0.5) is 0 Å². The third-order valence-corrected chi connectivity index (χ3v) is 9.85. The van der Waals surface area contributed by atoms with Gasteiger partial charge in [-0.3, -0.25) is 0 Å². The number of nitrogens with zero attached hydrogens (tertiary/aromatic N) is 1. The maximum Gasteiger partial charge on any atom is 0.165 e. The van der Waals surface area contributed by atoms with Crippen LogP contribution in [0, 0.1) is 11.3 Å². The fourth-order valence-corrected chi connectivity index (χ4v) is 8.77. The van der Waals surface area contributed by atoms with E-state index in [2.05, 4.69) is 18.0 Å². The van der Waals surface area contributed by atoms with Crippen molar-refractivity contribution < 1.29 is 27.5 Å². The monoisotopic (exact) mass is 433 g/mol. The normalized spacial score (nSPS) is 47.5. The number of hydrogen-bond acceptors (Lipinski definition) is 5. The van der Waals surface area contributed by atoms with E-state index in [-0.39, 0.29) is 17.9 Å². The molecule has 3 saturated carbocycles. The van der Waals surface area contributed by atoms with Gasteiger partial charge in [0.1, 0.15) is 11.7 Å². The Labute approximate surface area is 194 Å². The Balaban J connectivity index is 1.66. The molecule has 7 rings (SSSR count). The van der Waals surface area contributed by atoms with E-state index in [9.17, 15) is 5.11 Å². The van der Waals surface area contributed by atoms with Gasteiger partial charge in [0.15, 0.2) is 11.5 Å². The molecule has 0 amide bonds. The second-order valence-electron chi connectivity index (χ2n) is 10.7. The molecule has 1 unspecified atom stereocenters. The Bertz CT molecular complexity index is 1130. The second kappa shape index (κ2) is 6.18. The fraction of sp³-hybridized carbons (Fsp3) is 0.769. The number of methoxy groups -OCH3 is 2. The van der Waals surface area contributed by atoms with E-state index < -0.39 is 42.5 Å². The van der Waals surface area contributed by atoms with Crippen molar-refractivity contribution in [2.24, 2.45) is 11.3 Å². The first kappa shape index (κ1) is 14.8. The van der Waals surface area contributed by atoms with Gasteiger partial charge in [-0.15, -0.1) is 0 Å². The predicted octanol–water partition coefficient (Wildman–Crippen LogP) is 3.69. The Kier molecular flexibility index (Phi) is 2.94. The van der Waals surface area contributed by atoms with Gasteiger partial charge in [0.05, 0.1) is 16.8 Å². The average molecular weight is 434 g/mol. The summed E-state index contributed by atoms with van der Waals surface area (Å²) in [6.45, 7) is -0.0591. The number of rotatable bonds is 5. The minimum Gasteiger partial charge on any atom is -0.493 e. The van der Waals surface area contributed by atoms with Crippen molar-refractivity contribution in [3.05, 3.63) is 23.3 Å². The lowest BCUT2D eigenvalue weighted by atomic mass is 9.33. The third kappa shape index (κ3) is 2.06. The van der Waals surface area contributed by atoms with Crippen LogP contribution >= 0.6 is 0 Å². The quantitative estimate of drug-likeness (QED) is 0.768. The smallest absolute Gasteiger partial charge is 0.165 e. The zero-order chi connectivity index (χ0) is 26.8. The highest BCUT2D eigenvalue weighted by atomic mass is 16.6. The highest BCUT2D eigenvalue weighted by Crippen LogP contribution is 2.77. The van der Waals surface area contributed by atoms with Gasteiger partial charge in [0, 0.05) is 39.5 Å². The lowest BCUT2D eigenvalue weighted by Crippen LogP contribution is -2.82. The summed E-state index contributed by atoms with van der Waals surface area (Å²) >= 11 is 0. The Hall–Kier alpha value is -1.30. The number of piperidine rings is 1. The molecule has 2 spiro atoms. The molecule has 4 fully saturated rings. The van der Waals surface area contributed by atoms with E-state index in [1.54, 1.807) is 7.11 Å². The Morgan fingerprint density at radius 2 is 2.23 bits per heavy atom. The van der Waals surface area contributed by atoms with Crippen LogP contribution in [0.5, 0.6) is 11.5 Å². The van der Waals surface area contributed by atoms with Crippen LogP contribution in [-0.4, -0.2) is 61.1 Å². The van der Waals surface area contributed by atoms with Crippen molar-refractivity contribution in [2.45, 2.75) is 87.5 Å². The number of fused-ring (bicyclic) bond motifs is 2. The summed E-state index contributed by atoms with van der Waals surface area (Å²) in [5.74, 6) is 0.289. The number of aliphatic hydroxyl groups is 1. The Morgan fingerprint density at radius 3 is 2.97 bits per heavy atom. The standard InChI is InChI=1S/C26H37NO4/c1-6-9-23(2,28)18-15-24-10-11-26(18,30-5)22-25(24)12-13-27(3)19(24)14-16-7-8-17(29-4)21(31-22)20(16)25/h7-8,18-19,22,28H,6,9-15H2,1-5H3/t18-,19-,22-,23?,24-,25+,26-/m1/s1/i2D3,5D3. The number of ether oxygens (including phenoxy) is 3. The SMILES string of the molecule is [2H]C([2H])([2H])O[C@]12CC[C@@]3(C[C@@H]1C(O)(CCC)C([2H])([2H])[2H])[C@H]1Cc4ccc(OC)c5c4[C@@]3(CCN1C)[C@H]2O5. The molecule has 5 heteroatoms.